The van der Waals surface area contributed by atoms with E-state index < -0.39 is 5.60 Å². The van der Waals surface area contributed by atoms with Crippen LogP contribution in [0.1, 0.15) is 12.8 Å². The van der Waals surface area contributed by atoms with Crippen LogP contribution in [0.2, 0.25) is 5.02 Å². The number of piperazine rings is 1. The smallest absolute Gasteiger partial charge is 0.252 e. The summed E-state index contributed by atoms with van der Waals surface area (Å²) < 4.78 is 5.50. The second kappa shape index (κ2) is 11.8. The van der Waals surface area contributed by atoms with Gasteiger partial charge in [0.25, 0.3) is 5.91 Å². The first-order chi connectivity index (χ1) is 13.0. The Bertz CT molecular complexity index is 661. The van der Waals surface area contributed by atoms with Gasteiger partial charge >= 0.3 is 0 Å². The van der Waals surface area contributed by atoms with Crippen LogP contribution in [0.25, 0.3) is 0 Å². The molecule has 1 aromatic rings. The standard InChI is InChI=1S/C19H27ClN4O3.2ClH/c1-27-19(6-8-21-9-7-19)18(26)22-14-17(25)24-12-10-23(11-13-24)16-4-2-15(20)3-5-16;;/h2-5,21H,6-14H2,1H3,(H,22,26);2*1H. The van der Waals surface area contributed by atoms with Gasteiger partial charge in [-0.1, -0.05) is 11.6 Å². The number of ether oxygens (including phenoxy) is 1. The molecule has 10 heteroatoms. The van der Waals surface area contributed by atoms with Crippen molar-refractivity contribution in [1.29, 1.82) is 0 Å². The van der Waals surface area contributed by atoms with Crippen molar-refractivity contribution in [3.8, 4) is 0 Å². The molecule has 0 radical (unpaired) electrons. The van der Waals surface area contributed by atoms with Crippen molar-refractivity contribution in [2.75, 3.05) is 57.8 Å². The van der Waals surface area contributed by atoms with Gasteiger partial charge in [-0.25, -0.2) is 0 Å². The summed E-state index contributed by atoms with van der Waals surface area (Å²) in [6, 6.07) is 7.72. The topological polar surface area (TPSA) is 73.9 Å². The van der Waals surface area contributed by atoms with Gasteiger partial charge in [0, 0.05) is 44.0 Å². The maximum absolute atomic E-state index is 12.5. The fraction of sp³-hybridized carbons (Fsp3) is 0.579. The third kappa shape index (κ3) is 6.36. The molecule has 0 spiro atoms. The molecule has 164 valence electrons. The number of benzene rings is 1. The van der Waals surface area contributed by atoms with Crippen molar-refractivity contribution in [2.24, 2.45) is 0 Å². The Kier molecular flexibility index (Phi) is 10.5. The van der Waals surface area contributed by atoms with E-state index in [4.69, 9.17) is 16.3 Å². The van der Waals surface area contributed by atoms with Crippen molar-refractivity contribution in [1.82, 2.24) is 15.5 Å². The van der Waals surface area contributed by atoms with Gasteiger partial charge in [0.1, 0.15) is 5.60 Å². The van der Waals surface area contributed by atoms with Gasteiger partial charge in [0.05, 0.1) is 6.54 Å². The quantitative estimate of drug-likeness (QED) is 0.690. The molecule has 2 aliphatic heterocycles. The average Bonchev–Trinajstić information content (AvgIpc) is 2.73. The van der Waals surface area contributed by atoms with Crippen LogP contribution in [-0.2, 0) is 14.3 Å². The molecule has 0 saturated carbocycles. The molecule has 2 saturated heterocycles. The lowest BCUT2D eigenvalue weighted by Gasteiger charge is -2.37. The van der Waals surface area contributed by atoms with Crippen molar-refractivity contribution in [2.45, 2.75) is 18.4 Å². The fourth-order valence-corrected chi connectivity index (χ4v) is 3.78. The Balaban J connectivity index is 0.00000210. The monoisotopic (exact) mass is 466 g/mol. The van der Waals surface area contributed by atoms with E-state index in [1.165, 1.54) is 0 Å². The first kappa shape index (κ1) is 25.8. The van der Waals surface area contributed by atoms with Crippen molar-refractivity contribution in [3.05, 3.63) is 29.3 Å². The van der Waals surface area contributed by atoms with Crippen LogP contribution < -0.4 is 15.5 Å². The molecule has 2 heterocycles. The zero-order valence-corrected chi connectivity index (χ0v) is 18.9. The van der Waals surface area contributed by atoms with Gasteiger partial charge in [-0.2, -0.15) is 0 Å². The molecule has 2 fully saturated rings. The second-order valence-corrected chi connectivity index (χ2v) is 7.41. The second-order valence-electron chi connectivity index (χ2n) is 6.98. The maximum Gasteiger partial charge on any atom is 0.252 e. The largest absolute Gasteiger partial charge is 0.368 e. The molecule has 0 unspecified atom stereocenters. The number of halogens is 3. The summed E-state index contributed by atoms with van der Waals surface area (Å²) in [7, 11) is 1.56. The lowest BCUT2D eigenvalue weighted by molar-refractivity contribution is -0.148. The predicted octanol–water partition coefficient (Wildman–Crippen LogP) is 1.72. The molecule has 0 aromatic heterocycles. The fourth-order valence-electron chi connectivity index (χ4n) is 3.65. The summed E-state index contributed by atoms with van der Waals surface area (Å²) >= 11 is 5.93. The summed E-state index contributed by atoms with van der Waals surface area (Å²) in [6.07, 6.45) is 1.23. The number of carbonyl (C=O) groups is 2. The third-order valence-electron chi connectivity index (χ3n) is 5.44. The summed E-state index contributed by atoms with van der Waals surface area (Å²) in [5.41, 5.74) is 0.284. The van der Waals surface area contributed by atoms with E-state index in [0.29, 0.717) is 31.0 Å². The number of hydrogen-bond acceptors (Lipinski definition) is 5. The van der Waals surface area contributed by atoms with E-state index in [9.17, 15) is 9.59 Å². The number of nitrogens with one attached hydrogen (secondary N) is 2. The minimum Gasteiger partial charge on any atom is -0.368 e. The van der Waals surface area contributed by atoms with Gasteiger partial charge in [-0.05, 0) is 50.2 Å². The number of carbonyl (C=O) groups excluding carboxylic acids is 2. The zero-order valence-electron chi connectivity index (χ0n) is 16.5. The zero-order chi connectivity index (χ0) is 19.3. The van der Waals surface area contributed by atoms with Crippen LogP contribution in [0, 0.1) is 0 Å². The Labute approximate surface area is 189 Å². The Hall–Kier alpha value is -1.25. The highest BCUT2D eigenvalue weighted by Crippen LogP contribution is 2.22. The summed E-state index contributed by atoms with van der Waals surface area (Å²) in [5.74, 6) is -0.251. The van der Waals surface area contributed by atoms with Crippen LogP contribution in [0.3, 0.4) is 0 Å². The molecule has 1 aromatic carbocycles. The number of hydrogen-bond donors (Lipinski definition) is 2. The number of anilines is 1. The molecule has 29 heavy (non-hydrogen) atoms. The summed E-state index contributed by atoms with van der Waals surface area (Å²) in [4.78, 5) is 29.1. The summed E-state index contributed by atoms with van der Waals surface area (Å²) in [6.45, 7) is 4.28. The van der Waals surface area contributed by atoms with E-state index in [0.717, 1.165) is 31.9 Å². The minimum absolute atomic E-state index is 0. The maximum atomic E-state index is 12.5. The molecule has 0 aliphatic carbocycles. The average molecular weight is 468 g/mol. The molecule has 0 atom stereocenters. The van der Waals surface area contributed by atoms with Crippen molar-refractivity contribution < 1.29 is 14.3 Å². The highest BCUT2D eigenvalue weighted by molar-refractivity contribution is 6.30. The Morgan fingerprint density at radius 3 is 2.24 bits per heavy atom. The lowest BCUT2D eigenvalue weighted by Crippen LogP contribution is -2.56. The van der Waals surface area contributed by atoms with Crippen LogP contribution in [-0.4, -0.2) is 75.2 Å². The van der Waals surface area contributed by atoms with Gasteiger partial charge < -0.3 is 25.2 Å². The van der Waals surface area contributed by atoms with Crippen LogP contribution in [0.4, 0.5) is 5.69 Å². The number of rotatable bonds is 5. The van der Waals surface area contributed by atoms with E-state index >= 15 is 0 Å². The van der Waals surface area contributed by atoms with E-state index in [1.807, 2.05) is 24.3 Å². The Morgan fingerprint density at radius 1 is 1.10 bits per heavy atom. The third-order valence-corrected chi connectivity index (χ3v) is 5.69. The summed E-state index contributed by atoms with van der Waals surface area (Å²) in [5, 5.41) is 6.71. The first-order valence-electron chi connectivity index (χ1n) is 9.36. The lowest BCUT2D eigenvalue weighted by atomic mass is 9.91. The molecule has 2 aliphatic rings. The van der Waals surface area contributed by atoms with E-state index in [2.05, 4.69) is 15.5 Å². The molecule has 2 N–H and O–H groups in total. The molecule has 7 nitrogen and oxygen atoms in total. The molecule has 3 rings (SSSR count). The van der Waals surface area contributed by atoms with E-state index in [1.54, 1.807) is 12.0 Å². The Morgan fingerprint density at radius 2 is 1.69 bits per heavy atom. The number of amides is 2. The van der Waals surface area contributed by atoms with Gasteiger partial charge in [-0.15, -0.1) is 24.8 Å². The van der Waals surface area contributed by atoms with Gasteiger partial charge in [0.2, 0.25) is 5.91 Å². The van der Waals surface area contributed by atoms with Crippen LogP contribution in [0.5, 0.6) is 0 Å². The molecule has 0 bridgehead atoms. The van der Waals surface area contributed by atoms with Crippen LogP contribution >= 0.6 is 36.4 Å². The number of nitrogens with zero attached hydrogens (tertiary/aromatic N) is 2. The van der Waals surface area contributed by atoms with Gasteiger partial charge in [0.15, 0.2) is 0 Å². The highest BCUT2D eigenvalue weighted by Gasteiger charge is 2.39. The first-order valence-corrected chi connectivity index (χ1v) is 9.74. The normalized spacial score (nSPS) is 18.3. The number of methoxy groups -OCH3 is 1. The molecular weight excluding hydrogens is 439 g/mol. The number of piperidine rings is 1. The predicted molar refractivity (Wildman–Crippen MR) is 120 cm³/mol. The van der Waals surface area contributed by atoms with Gasteiger partial charge in [-0.3, -0.25) is 9.59 Å². The van der Waals surface area contributed by atoms with E-state index in [-0.39, 0.29) is 43.2 Å². The molecule has 2 amide bonds. The molecular formula is C19H29Cl3N4O3. The van der Waals surface area contributed by atoms with Crippen molar-refractivity contribution in [3.63, 3.8) is 0 Å². The van der Waals surface area contributed by atoms with Crippen molar-refractivity contribution >= 4 is 53.9 Å². The highest BCUT2D eigenvalue weighted by atomic mass is 35.5. The SMILES string of the molecule is COC1(C(=O)NCC(=O)N2CCN(c3ccc(Cl)cc3)CC2)CCNCC1.Cl.Cl. The minimum atomic E-state index is -0.821. The van der Waals surface area contributed by atoms with Crippen LogP contribution in [0.15, 0.2) is 24.3 Å².